The van der Waals surface area contributed by atoms with E-state index in [1.807, 2.05) is 0 Å². The number of ether oxygens (including phenoxy) is 3. The molecule has 46 heavy (non-hydrogen) atoms. The number of nitrogens with zero attached hydrogens (tertiary/aromatic N) is 3. The molecule has 0 radical (unpaired) electrons. The van der Waals surface area contributed by atoms with E-state index in [1.165, 1.54) is 62.4 Å². The minimum atomic E-state index is -5.17. The molecule has 3 aromatic carbocycles. The molecule has 2 amide bonds. The highest BCUT2D eigenvalue weighted by molar-refractivity contribution is 7.87. The third-order valence-corrected chi connectivity index (χ3v) is 9.59. The molecule has 0 N–H and O–H groups in total. The lowest BCUT2D eigenvalue weighted by Gasteiger charge is -2.42. The van der Waals surface area contributed by atoms with E-state index >= 15 is 9.18 Å². The Bertz CT molecular complexity index is 1720. The maximum Gasteiger partial charge on any atom is 0.573 e. The predicted octanol–water partition coefficient (Wildman–Crippen LogP) is 5.38. The molecule has 1 saturated heterocycles. The van der Waals surface area contributed by atoms with Gasteiger partial charge < -0.3 is 19.1 Å². The van der Waals surface area contributed by atoms with E-state index in [-0.39, 0.29) is 46.3 Å². The maximum absolute atomic E-state index is 15.4. The molecule has 9 nitrogen and oxygen atoms in total. The van der Waals surface area contributed by atoms with Gasteiger partial charge >= 0.3 is 6.36 Å². The van der Waals surface area contributed by atoms with Gasteiger partial charge in [-0.25, -0.2) is 12.9 Å². The van der Waals surface area contributed by atoms with Crippen molar-refractivity contribution in [2.24, 2.45) is 0 Å². The number of methoxy groups -OCH3 is 2. The van der Waals surface area contributed by atoms with Crippen molar-refractivity contribution < 1.29 is 45.6 Å². The van der Waals surface area contributed by atoms with Crippen molar-refractivity contribution in [1.29, 1.82) is 0 Å². The van der Waals surface area contributed by atoms with Crippen LogP contribution in [0.25, 0.3) is 0 Å². The fourth-order valence-corrected chi connectivity index (χ4v) is 7.50. The Hall–Kier alpha value is -3.88. The quantitative estimate of drug-likeness (QED) is 0.295. The van der Waals surface area contributed by atoms with Crippen LogP contribution in [-0.2, 0) is 26.1 Å². The maximum atomic E-state index is 15.4. The van der Waals surface area contributed by atoms with Crippen LogP contribution in [0.2, 0.25) is 5.02 Å². The highest BCUT2D eigenvalue weighted by atomic mass is 35.5. The summed E-state index contributed by atoms with van der Waals surface area (Å²) < 4.78 is 86.2. The standard InChI is InChI=1S/C31H30ClF4N3O6S/c1-17-6-10-25(44-5)22(12-17)30(38-16-19(33)14-24(38)28(40)37(2)3)21-13-18(32)7-9-23(21)39(29(30)41)46(42)27-11-8-20(43-4)15-26(27)45-31(34,35)36/h6-13,15,19,24H,14,16H2,1-5H3/t19-,24-,30?,46?/m0/s1. The van der Waals surface area contributed by atoms with Crippen LogP contribution in [0, 0.1) is 6.92 Å². The molecule has 2 unspecified atom stereocenters. The number of aryl methyl sites for hydroxylation is 1. The van der Waals surface area contributed by atoms with Gasteiger partial charge in [0.05, 0.1) is 25.9 Å². The molecule has 0 bridgehead atoms. The zero-order valence-corrected chi connectivity index (χ0v) is 26.9. The van der Waals surface area contributed by atoms with E-state index < -0.39 is 57.6 Å². The third kappa shape index (κ3) is 5.66. The van der Waals surface area contributed by atoms with Gasteiger partial charge in [-0.1, -0.05) is 23.2 Å². The zero-order valence-electron chi connectivity index (χ0n) is 25.4. The summed E-state index contributed by atoms with van der Waals surface area (Å²) in [5.74, 6) is -2.09. The zero-order chi connectivity index (χ0) is 33.7. The van der Waals surface area contributed by atoms with E-state index in [2.05, 4.69) is 4.74 Å². The minimum absolute atomic E-state index is 0.0171. The lowest BCUT2D eigenvalue weighted by atomic mass is 9.80. The molecule has 2 aliphatic rings. The van der Waals surface area contributed by atoms with Gasteiger partial charge in [0.15, 0.2) is 22.3 Å². The lowest BCUT2D eigenvalue weighted by molar-refractivity contribution is -0.275. The van der Waals surface area contributed by atoms with Crippen molar-refractivity contribution >= 4 is 40.1 Å². The number of carbonyl (C=O) groups is 2. The summed E-state index contributed by atoms with van der Waals surface area (Å²) in [5.41, 5.74) is -1.02. The molecule has 246 valence electrons. The van der Waals surface area contributed by atoms with Gasteiger partial charge in [-0.15, -0.1) is 13.2 Å². The average molecular weight is 684 g/mol. The van der Waals surface area contributed by atoms with Gasteiger partial charge in [-0.3, -0.25) is 14.5 Å². The molecule has 2 aliphatic heterocycles. The van der Waals surface area contributed by atoms with Gasteiger partial charge in [-0.2, -0.15) is 0 Å². The first kappa shape index (κ1) is 33.5. The second-order valence-corrected chi connectivity index (χ2v) is 12.8. The van der Waals surface area contributed by atoms with Crippen LogP contribution < -0.4 is 18.5 Å². The number of rotatable bonds is 8. The van der Waals surface area contributed by atoms with E-state index in [1.54, 1.807) is 25.1 Å². The Morgan fingerprint density at radius 2 is 1.74 bits per heavy atom. The summed E-state index contributed by atoms with van der Waals surface area (Å²) in [6.45, 7) is 1.37. The van der Waals surface area contributed by atoms with Crippen molar-refractivity contribution in [3.63, 3.8) is 0 Å². The molecular weight excluding hydrogens is 654 g/mol. The van der Waals surface area contributed by atoms with Crippen LogP contribution in [0.1, 0.15) is 23.1 Å². The monoisotopic (exact) mass is 683 g/mol. The van der Waals surface area contributed by atoms with Crippen LogP contribution in [0.15, 0.2) is 59.5 Å². The first-order chi connectivity index (χ1) is 21.6. The van der Waals surface area contributed by atoms with E-state index in [0.29, 0.717) is 5.56 Å². The summed E-state index contributed by atoms with van der Waals surface area (Å²) in [6.07, 6.45) is -6.96. The summed E-state index contributed by atoms with van der Waals surface area (Å²) in [7, 11) is 2.92. The number of anilines is 1. The number of amides is 2. The Morgan fingerprint density at radius 3 is 2.37 bits per heavy atom. The molecule has 1 fully saturated rings. The summed E-state index contributed by atoms with van der Waals surface area (Å²) in [6, 6.07) is 11.4. The SMILES string of the molecule is COc1ccc(S(=O)N2C(=O)C(c3cc(C)ccc3OC)(N3C[C@@H](F)C[C@H]3C(=O)N(C)C)c3cc(Cl)ccc32)c(OC(F)(F)F)c1. The highest BCUT2D eigenvalue weighted by Crippen LogP contribution is 2.55. The van der Waals surface area contributed by atoms with Crippen molar-refractivity contribution in [2.45, 2.75) is 42.4 Å². The van der Waals surface area contributed by atoms with Crippen molar-refractivity contribution in [3.8, 4) is 17.2 Å². The fraction of sp³-hybridized carbons (Fsp3) is 0.355. The van der Waals surface area contributed by atoms with E-state index in [9.17, 15) is 22.2 Å². The number of likely N-dealkylation sites (N-methyl/N-ethyl adjacent to an activating group) is 1. The number of hydrogen-bond acceptors (Lipinski definition) is 7. The summed E-state index contributed by atoms with van der Waals surface area (Å²) in [4.78, 5) is 30.9. The van der Waals surface area contributed by atoms with Gasteiger partial charge in [-0.05, 0) is 49.4 Å². The first-order valence-electron chi connectivity index (χ1n) is 13.9. The molecule has 15 heteroatoms. The van der Waals surface area contributed by atoms with Crippen LogP contribution >= 0.6 is 11.6 Å². The van der Waals surface area contributed by atoms with E-state index in [0.717, 1.165) is 16.4 Å². The second-order valence-electron chi connectivity index (χ2n) is 11.0. The van der Waals surface area contributed by atoms with Gasteiger partial charge in [0.25, 0.3) is 5.91 Å². The Labute approximate surface area is 270 Å². The Kier molecular flexibility index (Phi) is 9.01. The number of carbonyl (C=O) groups excluding carboxylic acids is 2. The molecule has 0 saturated carbocycles. The topological polar surface area (TPSA) is 88.6 Å². The van der Waals surface area contributed by atoms with Gasteiger partial charge in [0.1, 0.15) is 22.6 Å². The molecule has 3 aromatic rings. The van der Waals surface area contributed by atoms with E-state index in [4.69, 9.17) is 21.1 Å². The van der Waals surface area contributed by atoms with Crippen LogP contribution in [0.5, 0.6) is 17.2 Å². The lowest BCUT2D eigenvalue weighted by Crippen LogP contribution is -2.59. The van der Waals surface area contributed by atoms with Crippen molar-refractivity contribution in [2.75, 3.05) is 39.2 Å². The highest BCUT2D eigenvalue weighted by Gasteiger charge is 2.63. The molecule has 2 heterocycles. The predicted molar refractivity (Wildman–Crippen MR) is 162 cm³/mol. The summed E-state index contributed by atoms with van der Waals surface area (Å²) >= 11 is 6.49. The number of hydrogen-bond donors (Lipinski definition) is 0. The molecular formula is C31H30ClF4N3O6S. The van der Waals surface area contributed by atoms with Crippen molar-refractivity contribution in [1.82, 2.24) is 9.80 Å². The number of benzene rings is 3. The van der Waals surface area contributed by atoms with Crippen molar-refractivity contribution in [3.05, 3.63) is 76.3 Å². The van der Waals surface area contributed by atoms with Gasteiger partial charge in [0.2, 0.25) is 5.91 Å². The number of likely N-dealkylation sites (tertiary alicyclic amines) is 1. The van der Waals surface area contributed by atoms with Crippen LogP contribution in [0.3, 0.4) is 0 Å². The normalized spacial score (nSPS) is 22.0. The second kappa shape index (κ2) is 12.4. The Morgan fingerprint density at radius 1 is 1.02 bits per heavy atom. The third-order valence-electron chi connectivity index (χ3n) is 7.94. The van der Waals surface area contributed by atoms with Gasteiger partial charge in [0, 0.05) is 49.3 Å². The molecule has 5 rings (SSSR count). The first-order valence-corrected chi connectivity index (χ1v) is 15.4. The van der Waals surface area contributed by atoms with Crippen LogP contribution in [0.4, 0.5) is 23.2 Å². The smallest absolute Gasteiger partial charge is 0.497 e. The Balaban J connectivity index is 1.83. The number of fused-ring (bicyclic) bond motifs is 1. The molecule has 0 aromatic heterocycles. The fourth-order valence-electron chi connectivity index (χ4n) is 6.06. The largest absolute Gasteiger partial charge is 0.573 e. The number of halogens is 5. The average Bonchev–Trinajstić information content (AvgIpc) is 3.49. The molecule has 4 atom stereocenters. The molecule has 0 spiro atoms. The number of alkyl halides is 4. The minimum Gasteiger partial charge on any atom is -0.497 e. The molecule has 0 aliphatic carbocycles. The van der Waals surface area contributed by atoms with Crippen LogP contribution in [-0.4, -0.2) is 79.3 Å². The summed E-state index contributed by atoms with van der Waals surface area (Å²) in [5, 5.41) is 0.159.